The van der Waals surface area contributed by atoms with Gasteiger partial charge in [-0.2, -0.15) is 12.7 Å². The quantitative estimate of drug-likeness (QED) is 0.833. The molecule has 20 heavy (non-hydrogen) atoms. The highest BCUT2D eigenvalue weighted by Crippen LogP contribution is 2.23. The smallest absolute Gasteiger partial charge is 0.337 e. The van der Waals surface area contributed by atoms with Crippen molar-refractivity contribution in [1.29, 1.82) is 0 Å². The number of unbranched alkanes of at least 4 members (excludes halogenated alkanes) is 1. The van der Waals surface area contributed by atoms with Crippen molar-refractivity contribution in [1.82, 2.24) is 4.31 Å². The number of carboxylic acids is 1. The van der Waals surface area contributed by atoms with Gasteiger partial charge in [-0.15, -0.1) is 0 Å². The van der Waals surface area contributed by atoms with Gasteiger partial charge in [-0.05, 0) is 18.6 Å². The van der Waals surface area contributed by atoms with Gasteiger partial charge in [-0.3, -0.25) is 4.31 Å². The van der Waals surface area contributed by atoms with Gasteiger partial charge < -0.3 is 5.11 Å². The monoisotopic (exact) mass is 300 g/mol. The number of benzene rings is 1. The van der Waals surface area contributed by atoms with Gasteiger partial charge in [0.15, 0.2) is 0 Å². The number of carbonyl (C=O) groups is 1. The van der Waals surface area contributed by atoms with Crippen LogP contribution in [-0.4, -0.2) is 44.4 Å². The molecule has 112 valence electrons. The molecule has 7 heteroatoms. The van der Waals surface area contributed by atoms with Gasteiger partial charge in [0.05, 0.1) is 11.3 Å². The molecule has 1 rings (SSSR count). The second-order valence-electron chi connectivity index (χ2n) is 4.47. The fourth-order valence-electron chi connectivity index (χ4n) is 1.76. The predicted octanol–water partition coefficient (Wildman–Crippen LogP) is 1.80. The Labute approximate surface area is 119 Å². The maximum absolute atomic E-state index is 12.4. The van der Waals surface area contributed by atoms with Crippen LogP contribution in [0.25, 0.3) is 0 Å². The van der Waals surface area contributed by atoms with E-state index in [4.69, 9.17) is 5.11 Å². The molecular weight excluding hydrogens is 280 g/mol. The van der Waals surface area contributed by atoms with Crippen molar-refractivity contribution in [3.05, 3.63) is 29.8 Å². The van der Waals surface area contributed by atoms with Crippen LogP contribution in [0.2, 0.25) is 0 Å². The van der Waals surface area contributed by atoms with Crippen LogP contribution in [0.3, 0.4) is 0 Å². The van der Waals surface area contributed by atoms with Crippen molar-refractivity contribution in [2.24, 2.45) is 0 Å². The number of hydrogen-bond donors (Lipinski definition) is 1. The van der Waals surface area contributed by atoms with Crippen LogP contribution in [0.4, 0.5) is 5.69 Å². The number of anilines is 1. The lowest BCUT2D eigenvalue weighted by atomic mass is 10.2. The van der Waals surface area contributed by atoms with Gasteiger partial charge in [-0.1, -0.05) is 25.5 Å². The molecular formula is C13H20N2O4S. The summed E-state index contributed by atoms with van der Waals surface area (Å²) in [4.78, 5) is 11.2. The largest absolute Gasteiger partial charge is 0.478 e. The average molecular weight is 300 g/mol. The van der Waals surface area contributed by atoms with Crippen molar-refractivity contribution in [3.63, 3.8) is 0 Å². The van der Waals surface area contributed by atoms with Crippen LogP contribution in [-0.2, 0) is 10.2 Å². The zero-order valence-electron chi connectivity index (χ0n) is 11.9. The number of hydrogen-bond acceptors (Lipinski definition) is 3. The average Bonchev–Trinajstić information content (AvgIpc) is 2.43. The van der Waals surface area contributed by atoms with E-state index >= 15 is 0 Å². The lowest BCUT2D eigenvalue weighted by Gasteiger charge is -2.26. The molecule has 1 N–H and O–H groups in total. The number of rotatable bonds is 7. The van der Waals surface area contributed by atoms with Gasteiger partial charge in [0.2, 0.25) is 0 Å². The molecule has 0 aromatic heterocycles. The fraction of sp³-hybridized carbons (Fsp3) is 0.462. The first-order valence-corrected chi connectivity index (χ1v) is 7.74. The van der Waals surface area contributed by atoms with Crippen molar-refractivity contribution in [3.8, 4) is 0 Å². The van der Waals surface area contributed by atoms with Crippen LogP contribution in [0.15, 0.2) is 24.3 Å². The predicted molar refractivity (Wildman–Crippen MR) is 78.3 cm³/mol. The summed E-state index contributed by atoms with van der Waals surface area (Å²) in [5.74, 6) is -1.15. The van der Waals surface area contributed by atoms with Gasteiger partial charge in [0, 0.05) is 20.6 Å². The van der Waals surface area contributed by atoms with Gasteiger partial charge in [-0.25, -0.2) is 4.79 Å². The summed E-state index contributed by atoms with van der Waals surface area (Å²) in [6.45, 7) is 2.38. The fourth-order valence-corrected chi connectivity index (χ4v) is 2.94. The van der Waals surface area contributed by atoms with E-state index < -0.39 is 16.2 Å². The molecule has 0 saturated carbocycles. The SMILES string of the molecule is CCCCN(C)S(=O)(=O)N(C)c1ccccc1C(=O)O. The molecule has 1 aromatic carbocycles. The zero-order valence-corrected chi connectivity index (χ0v) is 12.7. The molecule has 1 aromatic rings. The lowest BCUT2D eigenvalue weighted by molar-refractivity contribution is 0.0698. The molecule has 6 nitrogen and oxygen atoms in total. The minimum Gasteiger partial charge on any atom is -0.478 e. The minimum atomic E-state index is -3.72. The summed E-state index contributed by atoms with van der Waals surface area (Å²) in [6, 6.07) is 6.04. The third kappa shape index (κ3) is 3.49. The Hall–Kier alpha value is -1.60. The molecule has 0 aliphatic rings. The Kier molecular flexibility index (Phi) is 5.52. The highest BCUT2D eigenvalue weighted by atomic mass is 32.2. The number of carboxylic acid groups (broad SMARTS) is 1. The lowest BCUT2D eigenvalue weighted by Crippen LogP contribution is -2.40. The van der Waals surface area contributed by atoms with Crippen LogP contribution < -0.4 is 4.31 Å². The molecule has 0 amide bonds. The summed E-state index contributed by atoms with van der Waals surface area (Å²) in [6.07, 6.45) is 1.64. The molecule has 0 aliphatic heterocycles. The van der Waals surface area contributed by atoms with E-state index in [2.05, 4.69) is 0 Å². The first kappa shape index (κ1) is 16.5. The molecule has 0 spiro atoms. The molecule has 0 saturated heterocycles. The highest BCUT2D eigenvalue weighted by molar-refractivity contribution is 7.90. The molecule has 0 fully saturated rings. The molecule has 0 heterocycles. The van der Waals surface area contributed by atoms with Crippen LogP contribution in [0, 0.1) is 0 Å². The van der Waals surface area contributed by atoms with E-state index in [0.29, 0.717) is 6.54 Å². The Balaban J connectivity index is 3.11. The zero-order chi connectivity index (χ0) is 15.3. The van der Waals surface area contributed by atoms with Crippen molar-refractivity contribution in [2.75, 3.05) is 24.9 Å². The Morgan fingerprint density at radius 1 is 1.25 bits per heavy atom. The van der Waals surface area contributed by atoms with Gasteiger partial charge >= 0.3 is 16.2 Å². The second kappa shape index (κ2) is 6.71. The minimum absolute atomic E-state index is 0.0394. The maximum atomic E-state index is 12.4. The summed E-state index contributed by atoms with van der Waals surface area (Å²) in [5.41, 5.74) is 0.116. The van der Waals surface area contributed by atoms with Gasteiger partial charge in [0.25, 0.3) is 0 Å². The second-order valence-corrected chi connectivity index (χ2v) is 6.54. The Morgan fingerprint density at radius 2 is 1.85 bits per heavy atom. The number of nitrogens with zero attached hydrogens (tertiary/aromatic N) is 2. The third-order valence-electron chi connectivity index (χ3n) is 3.04. The molecule has 0 aliphatic carbocycles. The van der Waals surface area contributed by atoms with Crippen LogP contribution in [0.5, 0.6) is 0 Å². The third-order valence-corrected chi connectivity index (χ3v) is 4.90. The summed E-state index contributed by atoms with van der Waals surface area (Å²) >= 11 is 0. The van der Waals surface area contributed by atoms with Crippen molar-refractivity contribution < 1.29 is 18.3 Å². The molecule has 0 radical (unpaired) electrons. The normalized spacial score (nSPS) is 11.6. The van der Waals surface area contributed by atoms with Crippen molar-refractivity contribution in [2.45, 2.75) is 19.8 Å². The Bertz CT molecular complexity index is 571. The maximum Gasteiger partial charge on any atom is 0.337 e. The molecule has 0 bridgehead atoms. The standard InChI is InChI=1S/C13H20N2O4S/c1-4-5-10-14(2)20(18,19)15(3)12-9-7-6-8-11(12)13(16)17/h6-9H,4-5,10H2,1-3H3,(H,16,17). The highest BCUT2D eigenvalue weighted by Gasteiger charge is 2.26. The van der Waals surface area contributed by atoms with E-state index in [1.165, 1.54) is 30.5 Å². The van der Waals surface area contributed by atoms with Crippen molar-refractivity contribution >= 4 is 21.9 Å². The van der Waals surface area contributed by atoms with E-state index in [9.17, 15) is 13.2 Å². The summed E-state index contributed by atoms with van der Waals surface area (Å²) < 4.78 is 27.0. The number of para-hydroxylation sites is 1. The Morgan fingerprint density at radius 3 is 2.40 bits per heavy atom. The first-order valence-electron chi connectivity index (χ1n) is 6.34. The van der Waals surface area contributed by atoms with E-state index in [1.54, 1.807) is 12.1 Å². The van der Waals surface area contributed by atoms with E-state index in [1.807, 2.05) is 6.92 Å². The summed E-state index contributed by atoms with van der Waals surface area (Å²) in [7, 11) is -0.865. The molecule has 0 unspecified atom stereocenters. The van der Waals surface area contributed by atoms with Crippen LogP contribution in [0.1, 0.15) is 30.1 Å². The molecule has 0 atom stereocenters. The van der Waals surface area contributed by atoms with E-state index in [-0.39, 0.29) is 11.3 Å². The van der Waals surface area contributed by atoms with E-state index in [0.717, 1.165) is 17.1 Å². The van der Waals surface area contributed by atoms with Crippen LogP contribution >= 0.6 is 0 Å². The summed E-state index contributed by atoms with van der Waals surface area (Å²) in [5, 5.41) is 9.13. The topological polar surface area (TPSA) is 77.9 Å². The number of aromatic carboxylic acids is 1. The first-order chi connectivity index (χ1) is 9.32. The van der Waals surface area contributed by atoms with Gasteiger partial charge in [0.1, 0.15) is 0 Å².